The Bertz CT molecular complexity index is 346. The summed E-state index contributed by atoms with van der Waals surface area (Å²) in [5.41, 5.74) is -1.35. The van der Waals surface area contributed by atoms with Crippen LogP contribution in [-0.4, -0.2) is 33.5 Å². The Morgan fingerprint density at radius 2 is 1.61 bits per heavy atom. The first-order valence-corrected chi connectivity index (χ1v) is 5.08. The Balaban J connectivity index is 2.81. The summed E-state index contributed by atoms with van der Waals surface area (Å²) in [4.78, 5) is 40.2. The van der Waals surface area contributed by atoms with Gasteiger partial charge in [0.05, 0.1) is 5.41 Å². The molecule has 102 valence electrons. The van der Waals surface area contributed by atoms with E-state index in [2.05, 4.69) is 9.68 Å². The van der Waals surface area contributed by atoms with Gasteiger partial charge in [-0.15, -0.1) is 20.2 Å². The van der Waals surface area contributed by atoms with E-state index in [1.807, 2.05) is 0 Å². The molecule has 10 nitrogen and oxygen atoms in total. The van der Waals surface area contributed by atoms with Gasteiger partial charge in [0.1, 0.15) is 12.2 Å². The molecule has 0 heterocycles. The van der Waals surface area contributed by atoms with Crippen LogP contribution in [0.5, 0.6) is 0 Å². The molecule has 1 fully saturated rings. The number of hydrogen-bond acceptors (Lipinski definition) is 7. The molecule has 18 heavy (non-hydrogen) atoms. The van der Waals surface area contributed by atoms with Crippen LogP contribution in [0.2, 0.25) is 0 Å². The van der Waals surface area contributed by atoms with Crippen LogP contribution in [0.4, 0.5) is 0 Å². The van der Waals surface area contributed by atoms with E-state index in [-0.39, 0.29) is 19.3 Å². The Kier molecular flexibility index (Phi) is 3.89. The molecular formula is C8H12N2O8. The lowest BCUT2D eigenvalue weighted by atomic mass is 9.73. The number of carbonyl (C=O) groups is 1. The predicted octanol–water partition coefficient (Wildman–Crippen LogP) is 0.415. The quantitative estimate of drug-likeness (QED) is 0.555. The van der Waals surface area contributed by atoms with E-state index < -0.39 is 33.8 Å². The molecule has 10 heteroatoms. The van der Waals surface area contributed by atoms with Crippen molar-refractivity contribution in [1.29, 1.82) is 0 Å². The first kappa shape index (κ1) is 13.9. The maximum atomic E-state index is 11.1. The summed E-state index contributed by atoms with van der Waals surface area (Å²) in [5.74, 6) is -1.20. The lowest BCUT2D eigenvalue weighted by Crippen LogP contribution is -2.44. The highest BCUT2D eigenvalue weighted by molar-refractivity contribution is 5.74. The van der Waals surface area contributed by atoms with E-state index in [4.69, 9.17) is 5.11 Å². The average molecular weight is 264 g/mol. The van der Waals surface area contributed by atoms with E-state index >= 15 is 0 Å². The second-order valence-corrected chi connectivity index (χ2v) is 4.41. The summed E-state index contributed by atoms with van der Waals surface area (Å²) in [7, 11) is 0. The molecule has 0 aromatic rings. The van der Waals surface area contributed by atoms with E-state index in [1.54, 1.807) is 0 Å². The zero-order valence-electron chi connectivity index (χ0n) is 9.48. The molecule has 1 saturated carbocycles. The maximum absolute atomic E-state index is 11.1. The van der Waals surface area contributed by atoms with Crippen LogP contribution in [-0.2, 0) is 14.5 Å². The monoisotopic (exact) mass is 264 g/mol. The zero-order valence-corrected chi connectivity index (χ0v) is 9.48. The average Bonchev–Trinajstić information content (AvgIpc) is 2.13. The molecule has 3 atom stereocenters. The first-order valence-electron chi connectivity index (χ1n) is 5.08. The van der Waals surface area contributed by atoms with Crippen LogP contribution in [0, 0.1) is 25.6 Å². The fourth-order valence-electron chi connectivity index (χ4n) is 2.13. The second kappa shape index (κ2) is 5.02. The van der Waals surface area contributed by atoms with Crippen molar-refractivity contribution in [3.8, 4) is 0 Å². The van der Waals surface area contributed by atoms with Crippen LogP contribution in [0.15, 0.2) is 0 Å². The van der Waals surface area contributed by atoms with Gasteiger partial charge in [-0.2, -0.15) is 0 Å². The van der Waals surface area contributed by atoms with Gasteiger partial charge in [0.15, 0.2) is 0 Å². The lowest BCUT2D eigenvalue weighted by Gasteiger charge is -2.37. The number of carboxylic acid groups (broad SMARTS) is 1. The number of aliphatic carboxylic acids is 1. The molecule has 0 radical (unpaired) electrons. The predicted molar refractivity (Wildman–Crippen MR) is 53.3 cm³/mol. The smallest absolute Gasteiger partial charge is 0.309 e. The fourth-order valence-corrected chi connectivity index (χ4v) is 2.13. The minimum atomic E-state index is -1.35. The summed E-state index contributed by atoms with van der Waals surface area (Å²) in [6, 6.07) is 0. The van der Waals surface area contributed by atoms with Gasteiger partial charge >= 0.3 is 5.97 Å². The Morgan fingerprint density at radius 3 is 1.89 bits per heavy atom. The third-order valence-corrected chi connectivity index (χ3v) is 2.87. The summed E-state index contributed by atoms with van der Waals surface area (Å²) in [6.07, 6.45) is -2.34. The topological polar surface area (TPSA) is 142 Å². The van der Waals surface area contributed by atoms with Gasteiger partial charge in [-0.3, -0.25) is 4.79 Å². The van der Waals surface area contributed by atoms with Crippen molar-refractivity contribution in [2.24, 2.45) is 5.41 Å². The molecule has 0 aromatic carbocycles. The van der Waals surface area contributed by atoms with E-state index in [1.165, 1.54) is 6.92 Å². The molecule has 0 bridgehead atoms. The standard InChI is InChI=1S/C8H12N2O8/c1-8(7(11)12)3-5(17-9(13)14)2-6(4-8)18-10(15)16/h5-6H,2-4H2,1H3,(H,11,12)/t5-,6+,8?. The van der Waals surface area contributed by atoms with Gasteiger partial charge in [0.2, 0.25) is 0 Å². The summed E-state index contributed by atoms with van der Waals surface area (Å²) in [6.45, 7) is 1.35. The van der Waals surface area contributed by atoms with E-state index in [0.717, 1.165) is 0 Å². The number of hydrogen-bond donors (Lipinski definition) is 1. The van der Waals surface area contributed by atoms with Crippen molar-refractivity contribution in [2.45, 2.75) is 38.4 Å². The van der Waals surface area contributed by atoms with Crippen molar-refractivity contribution >= 4 is 5.97 Å². The van der Waals surface area contributed by atoms with Crippen LogP contribution in [0.25, 0.3) is 0 Å². The van der Waals surface area contributed by atoms with Gasteiger partial charge < -0.3 is 14.8 Å². The van der Waals surface area contributed by atoms with Crippen LogP contribution in [0.1, 0.15) is 26.2 Å². The third-order valence-electron chi connectivity index (χ3n) is 2.87. The van der Waals surface area contributed by atoms with Gasteiger partial charge in [-0.05, 0) is 19.8 Å². The fraction of sp³-hybridized carbons (Fsp3) is 0.875. The van der Waals surface area contributed by atoms with Gasteiger partial charge in [-0.1, -0.05) is 0 Å². The molecule has 1 unspecified atom stereocenters. The van der Waals surface area contributed by atoms with Crippen LogP contribution in [0.3, 0.4) is 0 Å². The summed E-state index contributed by atoms with van der Waals surface area (Å²) >= 11 is 0. The number of rotatable bonds is 5. The zero-order chi connectivity index (χ0) is 13.9. The van der Waals surface area contributed by atoms with Gasteiger partial charge in [0.25, 0.3) is 10.2 Å². The number of carboxylic acids is 1. The van der Waals surface area contributed by atoms with Gasteiger partial charge in [-0.25, -0.2) is 0 Å². The molecule has 1 aliphatic carbocycles. The highest BCUT2D eigenvalue weighted by atomic mass is 17.0. The van der Waals surface area contributed by atoms with Crippen molar-refractivity contribution < 1.29 is 29.7 Å². The van der Waals surface area contributed by atoms with E-state index in [9.17, 15) is 25.0 Å². The third kappa shape index (κ3) is 3.43. The van der Waals surface area contributed by atoms with Crippen LogP contribution >= 0.6 is 0 Å². The molecular weight excluding hydrogens is 252 g/mol. The minimum Gasteiger partial charge on any atom is -0.481 e. The van der Waals surface area contributed by atoms with Gasteiger partial charge in [0, 0.05) is 6.42 Å². The highest BCUT2D eigenvalue weighted by Gasteiger charge is 2.45. The van der Waals surface area contributed by atoms with Crippen molar-refractivity contribution in [3.63, 3.8) is 0 Å². The molecule has 1 N–H and O–H groups in total. The minimum absolute atomic E-state index is 0.0924. The lowest BCUT2D eigenvalue weighted by molar-refractivity contribution is -0.781. The normalized spacial score (nSPS) is 31.4. The van der Waals surface area contributed by atoms with Crippen LogP contribution < -0.4 is 0 Å². The largest absolute Gasteiger partial charge is 0.481 e. The summed E-state index contributed by atoms with van der Waals surface area (Å²) < 4.78 is 0. The Labute approximate surface area is 101 Å². The molecule has 0 aliphatic heterocycles. The second-order valence-electron chi connectivity index (χ2n) is 4.41. The Hall–Kier alpha value is -2.13. The maximum Gasteiger partial charge on any atom is 0.309 e. The summed E-state index contributed by atoms with van der Waals surface area (Å²) in [5, 5.41) is 27.4. The molecule has 0 amide bonds. The molecule has 1 aliphatic rings. The van der Waals surface area contributed by atoms with Crippen molar-refractivity contribution in [3.05, 3.63) is 20.2 Å². The number of nitrogens with zero attached hydrogens (tertiary/aromatic N) is 2. The molecule has 0 aromatic heterocycles. The molecule has 1 rings (SSSR count). The molecule has 0 saturated heterocycles. The molecule has 0 spiro atoms. The van der Waals surface area contributed by atoms with Crippen molar-refractivity contribution in [1.82, 2.24) is 0 Å². The van der Waals surface area contributed by atoms with Crippen molar-refractivity contribution in [2.75, 3.05) is 0 Å². The first-order chi connectivity index (χ1) is 8.23. The SMILES string of the molecule is CC1(C(=O)O)C[C@H](O[N+](=O)[O-])C[C@H](O[N+](=O)[O-])C1. The highest BCUT2D eigenvalue weighted by Crippen LogP contribution is 2.38. The Morgan fingerprint density at radius 1 is 1.22 bits per heavy atom. The van der Waals surface area contributed by atoms with E-state index in [0.29, 0.717) is 0 Å².